The van der Waals surface area contributed by atoms with Gasteiger partial charge in [-0.05, 0) is 48.4 Å². The van der Waals surface area contributed by atoms with Gasteiger partial charge in [0, 0.05) is 30.9 Å². The first-order valence-electron chi connectivity index (χ1n) is 10.1. The third-order valence-electron chi connectivity index (χ3n) is 5.08. The number of nitrogens with zero attached hydrogens (tertiary/aromatic N) is 3. The lowest BCUT2D eigenvalue weighted by Gasteiger charge is -2.17. The third-order valence-corrected chi connectivity index (χ3v) is 5.37. The van der Waals surface area contributed by atoms with E-state index in [-0.39, 0.29) is 17.5 Å². The molecule has 168 valence electrons. The molecule has 3 heterocycles. The Morgan fingerprint density at radius 1 is 1.24 bits per heavy atom. The SMILES string of the molecule is Cc1cnc(Nc2cccnc2)cc1-n1ccc(C(=O)NC(CO)c2ccc(F)c(Cl)c2)c1. The Balaban J connectivity index is 1.52. The van der Waals surface area contributed by atoms with E-state index in [2.05, 4.69) is 20.6 Å². The van der Waals surface area contributed by atoms with E-state index in [4.69, 9.17) is 11.6 Å². The van der Waals surface area contributed by atoms with Crippen molar-refractivity contribution in [3.05, 3.63) is 101 Å². The smallest absolute Gasteiger partial charge is 0.253 e. The zero-order valence-electron chi connectivity index (χ0n) is 17.7. The van der Waals surface area contributed by atoms with Gasteiger partial charge in [0.2, 0.25) is 0 Å². The second kappa shape index (κ2) is 9.81. The van der Waals surface area contributed by atoms with E-state index < -0.39 is 11.9 Å². The molecule has 0 saturated carbocycles. The van der Waals surface area contributed by atoms with Gasteiger partial charge in [-0.25, -0.2) is 9.37 Å². The number of aryl methyl sites for hydroxylation is 1. The molecule has 4 aromatic rings. The van der Waals surface area contributed by atoms with Crippen LogP contribution in [0, 0.1) is 12.7 Å². The fraction of sp³-hybridized carbons (Fsp3) is 0.125. The summed E-state index contributed by atoms with van der Waals surface area (Å²) < 4.78 is 15.3. The molecule has 3 N–H and O–H groups in total. The number of nitrogens with one attached hydrogen (secondary N) is 2. The number of hydrogen-bond acceptors (Lipinski definition) is 5. The van der Waals surface area contributed by atoms with Crippen LogP contribution in [0.4, 0.5) is 15.9 Å². The largest absolute Gasteiger partial charge is 0.394 e. The third kappa shape index (κ3) is 5.19. The van der Waals surface area contributed by atoms with Gasteiger partial charge in [0.15, 0.2) is 0 Å². The van der Waals surface area contributed by atoms with Crippen molar-refractivity contribution in [1.29, 1.82) is 0 Å². The maximum absolute atomic E-state index is 13.4. The van der Waals surface area contributed by atoms with E-state index in [1.54, 1.807) is 37.1 Å². The maximum atomic E-state index is 13.4. The molecule has 0 spiro atoms. The highest BCUT2D eigenvalue weighted by Crippen LogP contribution is 2.23. The highest BCUT2D eigenvalue weighted by molar-refractivity contribution is 6.30. The summed E-state index contributed by atoms with van der Waals surface area (Å²) in [4.78, 5) is 21.3. The van der Waals surface area contributed by atoms with Crippen molar-refractivity contribution in [1.82, 2.24) is 19.9 Å². The van der Waals surface area contributed by atoms with Crippen LogP contribution in [-0.2, 0) is 0 Å². The number of carbonyl (C=O) groups is 1. The number of benzene rings is 1. The molecule has 0 aliphatic carbocycles. The van der Waals surface area contributed by atoms with Crippen LogP contribution in [0.15, 0.2) is 73.4 Å². The monoisotopic (exact) mass is 465 g/mol. The van der Waals surface area contributed by atoms with E-state index in [0.29, 0.717) is 16.9 Å². The number of carbonyl (C=O) groups excluding carboxylic acids is 1. The molecule has 33 heavy (non-hydrogen) atoms. The van der Waals surface area contributed by atoms with Gasteiger partial charge < -0.3 is 20.3 Å². The molecule has 4 rings (SSSR count). The van der Waals surface area contributed by atoms with Crippen LogP contribution in [0.25, 0.3) is 5.69 Å². The van der Waals surface area contributed by atoms with Gasteiger partial charge in [0.1, 0.15) is 11.6 Å². The Hall–Kier alpha value is -3.75. The summed E-state index contributed by atoms with van der Waals surface area (Å²) in [7, 11) is 0. The minimum absolute atomic E-state index is 0.0739. The number of rotatable bonds is 7. The minimum Gasteiger partial charge on any atom is -0.394 e. The summed E-state index contributed by atoms with van der Waals surface area (Å²) in [5.41, 5.74) is 3.48. The number of aromatic nitrogens is 3. The highest BCUT2D eigenvalue weighted by atomic mass is 35.5. The van der Waals surface area contributed by atoms with Crippen LogP contribution in [0.2, 0.25) is 5.02 Å². The van der Waals surface area contributed by atoms with Crippen molar-refractivity contribution in [2.45, 2.75) is 13.0 Å². The fourth-order valence-electron chi connectivity index (χ4n) is 3.33. The summed E-state index contributed by atoms with van der Waals surface area (Å²) in [6, 6.07) is 10.6. The second-order valence-corrected chi connectivity index (χ2v) is 7.82. The van der Waals surface area contributed by atoms with E-state index in [1.807, 2.05) is 29.7 Å². The van der Waals surface area contributed by atoms with Gasteiger partial charge in [0.05, 0.1) is 40.8 Å². The van der Waals surface area contributed by atoms with Crippen LogP contribution in [0.5, 0.6) is 0 Å². The summed E-state index contributed by atoms with van der Waals surface area (Å²) in [6.45, 7) is 1.57. The summed E-state index contributed by atoms with van der Waals surface area (Å²) in [5.74, 6) is -0.309. The van der Waals surface area contributed by atoms with Crippen molar-refractivity contribution in [3.8, 4) is 5.69 Å². The lowest BCUT2D eigenvalue weighted by Crippen LogP contribution is -2.30. The average molecular weight is 466 g/mol. The lowest BCUT2D eigenvalue weighted by molar-refractivity contribution is 0.0916. The molecule has 1 atom stereocenters. The Labute approximate surface area is 194 Å². The van der Waals surface area contributed by atoms with Crippen molar-refractivity contribution >= 4 is 29.0 Å². The van der Waals surface area contributed by atoms with E-state index in [0.717, 1.165) is 16.9 Å². The molecule has 0 bridgehead atoms. The Kier molecular flexibility index (Phi) is 6.67. The van der Waals surface area contributed by atoms with Crippen molar-refractivity contribution in [2.75, 3.05) is 11.9 Å². The van der Waals surface area contributed by atoms with E-state index >= 15 is 0 Å². The van der Waals surface area contributed by atoms with Crippen LogP contribution in [0.1, 0.15) is 27.5 Å². The number of amides is 1. The van der Waals surface area contributed by atoms with Gasteiger partial charge in [-0.15, -0.1) is 0 Å². The zero-order valence-corrected chi connectivity index (χ0v) is 18.4. The summed E-state index contributed by atoms with van der Waals surface area (Å²) in [5, 5.41) is 15.6. The van der Waals surface area contributed by atoms with Gasteiger partial charge in [0.25, 0.3) is 5.91 Å². The first kappa shape index (κ1) is 22.4. The predicted molar refractivity (Wildman–Crippen MR) is 125 cm³/mol. The van der Waals surface area contributed by atoms with E-state index in [1.165, 1.54) is 18.2 Å². The van der Waals surface area contributed by atoms with Crippen molar-refractivity contribution in [3.63, 3.8) is 0 Å². The van der Waals surface area contributed by atoms with Crippen molar-refractivity contribution < 1.29 is 14.3 Å². The fourth-order valence-corrected chi connectivity index (χ4v) is 3.52. The number of anilines is 2. The average Bonchev–Trinajstić information content (AvgIpc) is 3.31. The number of pyridine rings is 2. The zero-order chi connectivity index (χ0) is 23.4. The highest BCUT2D eigenvalue weighted by Gasteiger charge is 2.17. The normalized spacial score (nSPS) is 11.8. The number of aliphatic hydroxyl groups is 1. The number of hydrogen-bond donors (Lipinski definition) is 3. The lowest BCUT2D eigenvalue weighted by atomic mass is 10.1. The first-order valence-corrected chi connectivity index (χ1v) is 10.5. The Morgan fingerprint density at radius 3 is 2.82 bits per heavy atom. The van der Waals surface area contributed by atoms with Gasteiger partial charge >= 0.3 is 0 Å². The maximum Gasteiger partial charge on any atom is 0.253 e. The van der Waals surface area contributed by atoms with E-state index in [9.17, 15) is 14.3 Å². The molecule has 7 nitrogen and oxygen atoms in total. The predicted octanol–water partition coefficient (Wildman–Crippen LogP) is 4.58. The van der Waals surface area contributed by atoms with Crippen LogP contribution >= 0.6 is 11.6 Å². The molecule has 1 unspecified atom stereocenters. The summed E-state index contributed by atoms with van der Waals surface area (Å²) >= 11 is 5.83. The van der Waals surface area contributed by atoms with Gasteiger partial charge in [-0.2, -0.15) is 0 Å². The van der Waals surface area contributed by atoms with Crippen LogP contribution < -0.4 is 10.6 Å². The molecule has 0 saturated heterocycles. The molecule has 9 heteroatoms. The number of halogens is 2. The minimum atomic E-state index is -0.725. The molecular formula is C24H21ClFN5O2. The topological polar surface area (TPSA) is 92.1 Å². The Bertz CT molecular complexity index is 1280. The Morgan fingerprint density at radius 2 is 2.09 bits per heavy atom. The molecule has 0 aliphatic rings. The molecule has 0 radical (unpaired) electrons. The number of aliphatic hydroxyl groups excluding tert-OH is 1. The summed E-state index contributed by atoms with van der Waals surface area (Å²) in [6.07, 6.45) is 8.60. The van der Waals surface area contributed by atoms with Gasteiger partial charge in [-0.3, -0.25) is 9.78 Å². The second-order valence-electron chi connectivity index (χ2n) is 7.41. The van der Waals surface area contributed by atoms with Crippen molar-refractivity contribution in [2.24, 2.45) is 0 Å². The quantitative estimate of drug-likeness (QED) is 0.371. The molecule has 1 aromatic carbocycles. The molecule has 0 fully saturated rings. The standard InChI is InChI=1S/C24H21ClFN5O2/c1-15-11-28-23(29-18-3-2-7-27-12-18)10-22(15)31-8-6-17(13-31)24(33)30-21(14-32)16-4-5-20(26)19(25)9-16/h2-13,21,32H,14H2,1H3,(H,28,29)(H,30,33). The van der Waals surface area contributed by atoms with Gasteiger partial charge in [-0.1, -0.05) is 17.7 Å². The van der Waals surface area contributed by atoms with Crippen LogP contribution in [-0.4, -0.2) is 32.2 Å². The molecular weight excluding hydrogens is 445 g/mol. The molecule has 0 aliphatic heterocycles. The molecule has 1 amide bonds. The first-order chi connectivity index (χ1) is 15.9. The molecule has 3 aromatic heterocycles. The van der Waals surface area contributed by atoms with Crippen LogP contribution in [0.3, 0.4) is 0 Å².